The zero-order valence-corrected chi connectivity index (χ0v) is 13.4. The van der Waals surface area contributed by atoms with Gasteiger partial charge in [0.1, 0.15) is 0 Å². The highest BCUT2D eigenvalue weighted by molar-refractivity contribution is 5.86. The minimum absolute atomic E-state index is 0.0208. The molecule has 0 saturated heterocycles. The van der Waals surface area contributed by atoms with Crippen molar-refractivity contribution < 1.29 is 19.7 Å². The number of rotatable bonds is 9. The van der Waals surface area contributed by atoms with Crippen molar-refractivity contribution >= 4 is 17.8 Å². The number of nitrogens with zero attached hydrogens (tertiary/aromatic N) is 3. The maximum absolute atomic E-state index is 12.3. The molecule has 0 spiro atoms. The van der Waals surface area contributed by atoms with Crippen molar-refractivity contribution in [3.8, 4) is 0 Å². The van der Waals surface area contributed by atoms with E-state index in [4.69, 9.17) is 17.2 Å². The number of aliphatic imine (C=N–C) groups is 1. The Morgan fingerprint density at radius 2 is 1.88 bits per heavy atom. The molecule has 136 valence electrons. The molecule has 0 saturated carbocycles. The smallest absolute Gasteiger partial charge is 0.351 e. The minimum Gasteiger partial charge on any atom is -0.478 e. The van der Waals surface area contributed by atoms with Gasteiger partial charge in [-0.25, -0.2) is 14.9 Å². The van der Waals surface area contributed by atoms with Gasteiger partial charge in [-0.1, -0.05) is 30.3 Å². The fourth-order valence-corrected chi connectivity index (χ4v) is 2.16. The fourth-order valence-electron chi connectivity index (χ4n) is 2.16. The van der Waals surface area contributed by atoms with Gasteiger partial charge in [0.25, 0.3) is 11.6 Å². The van der Waals surface area contributed by atoms with Crippen LogP contribution in [0.3, 0.4) is 0 Å². The van der Waals surface area contributed by atoms with Gasteiger partial charge in [-0.2, -0.15) is 0 Å². The third kappa shape index (κ3) is 5.42. The van der Waals surface area contributed by atoms with E-state index in [2.05, 4.69) is 4.99 Å². The summed E-state index contributed by atoms with van der Waals surface area (Å²) >= 11 is 0. The molecule has 0 radical (unpaired) electrons. The molecular formula is C14H20N6O5. The summed E-state index contributed by atoms with van der Waals surface area (Å²) in [6.07, 6.45) is -0.730. The highest BCUT2D eigenvalue weighted by Gasteiger charge is 2.50. The Balaban J connectivity index is 3.00. The molecule has 1 amide bonds. The second-order valence-corrected chi connectivity index (χ2v) is 5.25. The molecular weight excluding hydrogens is 332 g/mol. The maximum Gasteiger partial charge on any atom is 0.351 e. The number of carbonyl (C=O) groups is 2. The predicted molar refractivity (Wildman–Crippen MR) is 88.5 cm³/mol. The van der Waals surface area contributed by atoms with E-state index in [0.29, 0.717) is 5.56 Å². The number of carbonyl (C=O) groups excluding carboxylic acids is 1. The monoisotopic (exact) mass is 352 g/mol. The molecule has 0 aromatic heterocycles. The number of hydrogen-bond donors (Lipinski definition) is 4. The number of nitro groups is 1. The summed E-state index contributed by atoms with van der Waals surface area (Å²) in [5, 5.41) is 19.5. The van der Waals surface area contributed by atoms with Crippen molar-refractivity contribution in [2.75, 3.05) is 6.54 Å². The summed E-state index contributed by atoms with van der Waals surface area (Å²) in [5.74, 6) is -2.94. The van der Waals surface area contributed by atoms with Gasteiger partial charge in [-0.3, -0.25) is 15.5 Å². The van der Waals surface area contributed by atoms with Gasteiger partial charge in [-0.05, 0) is 17.0 Å². The molecule has 0 unspecified atom stereocenters. The Kier molecular flexibility index (Phi) is 6.81. The largest absolute Gasteiger partial charge is 0.478 e. The number of amides is 1. The van der Waals surface area contributed by atoms with Crippen LogP contribution in [0.1, 0.15) is 18.4 Å². The predicted octanol–water partition coefficient (Wildman–Crippen LogP) is -0.957. The zero-order chi connectivity index (χ0) is 19.0. The zero-order valence-electron chi connectivity index (χ0n) is 13.4. The first-order valence-corrected chi connectivity index (χ1v) is 7.27. The molecule has 0 aliphatic rings. The number of benzene rings is 1. The molecule has 25 heavy (non-hydrogen) atoms. The van der Waals surface area contributed by atoms with E-state index in [1.54, 1.807) is 30.3 Å². The van der Waals surface area contributed by atoms with Crippen LogP contribution in [-0.4, -0.2) is 45.2 Å². The van der Waals surface area contributed by atoms with E-state index < -0.39 is 29.0 Å². The van der Waals surface area contributed by atoms with Crippen LogP contribution in [0.2, 0.25) is 0 Å². The highest BCUT2D eigenvalue weighted by Crippen LogP contribution is 2.19. The minimum atomic E-state index is -2.52. The first-order valence-electron chi connectivity index (χ1n) is 7.27. The Hall–Kier alpha value is -3.21. The number of nitrogens with two attached hydrogens (primary N) is 3. The Morgan fingerprint density at radius 1 is 1.28 bits per heavy atom. The summed E-state index contributed by atoms with van der Waals surface area (Å²) in [7, 11) is 0. The van der Waals surface area contributed by atoms with Crippen LogP contribution >= 0.6 is 0 Å². The van der Waals surface area contributed by atoms with Crippen molar-refractivity contribution in [2.45, 2.75) is 24.9 Å². The van der Waals surface area contributed by atoms with E-state index in [0.717, 1.165) is 0 Å². The highest BCUT2D eigenvalue weighted by atomic mass is 16.7. The van der Waals surface area contributed by atoms with Crippen molar-refractivity contribution in [1.29, 1.82) is 0 Å². The molecule has 0 bridgehead atoms. The van der Waals surface area contributed by atoms with E-state index >= 15 is 0 Å². The van der Waals surface area contributed by atoms with E-state index in [9.17, 15) is 24.8 Å². The second kappa shape index (κ2) is 8.59. The molecule has 1 aromatic carbocycles. The van der Waals surface area contributed by atoms with Gasteiger partial charge in [0.2, 0.25) is 0 Å². The third-order valence-electron chi connectivity index (χ3n) is 3.36. The third-order valence-corrected chi connectivity index (χ3v) is 3.36. The molecule has 1 atom stereocenters. The first kappa shape index (κ1) is 19.8. The van der Waals surface area contributed by atoms with Crippen LogP contribution in [-0.2, 0) is 16.0 Å². The van der Waals surface area contributed by atoms with E-state index in [1.807, 2.05) is 0 Å². The van der Waals surface area contributed by atoms with Crippen LogP contribution in [0.5, 0.6) is 0 Å². The Bertz CT molecular complexity index is 661. The Labute approximate surface area is 143 Å². The summed E-state index contributed by atoms with van der Waals surface area (Å²) in [5.41, 5.74) is 14.0. The number of aliphatic carboxylic acids is 1. The topological polar surface area (TPSA) is 191 Å². The molecule has 11 nitrogen and oxygen atoms in total. The van der Waals surface area contributed by atoms with E-state index in [1.165, 1.54) is 0 Å². The maximum atomic E-state index is 12.3. The molecule has 0 aliphatic carbocycles. The molecule has 7 N–H and O–H groups in total. The molecule has 0 heterocycles. The average molecular weight is 352 g/mol. The van der Waals surface area contributed by atoms with Crippen molar-refractivity contribution in [2.24, 2.45) is 22.2 Å². The molecule has 1 aromatic rings. The number of hydrazine groups is 1. The van der Waals surface area contributed by atoms with Crippen LogP contribution in [0.15, 0.2) is 35.3 Å². The van der Waals surface area contributed by atoms with Crippen LogP contribution in [0, 0.1) is 10.1 Å². The van der Waals surface area contributed by atoms with Crippen molar-refractivity contribution in [1.82, 2.24) is 5.01 Å². The number of guanidine groups is 1. The summed E-state index contributed by atoms with van der Waals surface area (Å²) < 4.78 is 0. The lowest BCUT2D eigenvalue weighted by Crippen LogP contribution is -2.65. The SMILES string of the molecule is NC(N)=NCCC[C@@](N)(C(=O)O)N(C(=O)Cc1ccccc1)[N+](=O)[O-]. The summed E-state index contributed by atoms with van der Waals surface area (Å²) in [6, 6.07) is 8.21. The van der Waals surface area contributed by atoms with Crippen molar-refractivity contribution in [3.05, 3.63) is 46.0 Å². The Morgan fingerprint density at radius 3 is 2.36 bits per heavy atom. The van der Waals surface area contributed by atoms with Crippen LogP contribution in [0.4, 0.5) is 0 Å². The lowest BCUT2D eigenvalue weighted by atomic mass is 10.0. The van der Waals surface area contributed by atoms with Crippen LogP contribution < -0.4 is 17.2 Å². The second-order valence-electron chi connectivity index (χ2n) is 5.25. The molecule has 1 rings (SSSR count). The molecule has 11 heteroatoms. The fraction of sp³-hybridized carbons (Fsp3) is 0.357. The van der Waals surface area contributed by atoms with Crippen molar-refractivity contribution in [3.63, 3.8) is 0 Å². The average Bonchev–Trinajstić information content (AvgIpc) is 2.52. The number of hydrogen-bond acceptors (Lipinski definition) is 6. The van der Waals surface area contributed by atoms with Gasteiger partial charge in [-0.15, -0.1) is 0 Å². The van der Waals surface area contributed by atoms with Gasteiger partial charge >= 0.3 is 5.97 Å². The normalized spacial score (nSPS) is 12.7. The quantitative estimate of drug-likeness (QED) is 0.109. The molecule has 0 fully saturated rings. The molecule has 0 aliphatic heterocycles. The summed E-state index contributed by atoms with van der Waals surface area (Å²) in [6.45, 7) is 0.0208. The van der Waals surface area contributed by atoms with Crippen LogP contribution in [0.25, 0.3) is 0 Å². The van der Waals surface area contributed by atoms with Gasteiger partial charge in [0, 0.05) is 13.0 Å². The first-order chi connectivity index (χ1) is 11.7. The lowest BCUT2D eigenvalue weighted by molar-refractivity contribution is -0.650. The summed E-state index contributed by atoms with van der Waals surface area (Å²) in [4.78, 5) is 38.8. The number of carboxylic acids is 1. The van der Waals surface area contributed by atoms with Gasteiger partial charge < -0.3 is 16.6 Å². The number of carboxylic acid groups (broad SMARTS) is 1. The van der Waals surface area contributed by atoms with E-state index in [-0.39, 0.29) is 30.4 Å². The lowest BCUT2D eigenvalue weighted by Gasteiger charge is -2.29. The standard InChI is InChI=1S/C14H20N6O5/c15-13(16)18-8-4-7-14(17,12(22)23)19(20(24)25)11(21)9-10-5-2-1-3-6-10/h1-3,5-6H,4,7-9,17H2,(H,22,23)(H4,15,16,18)/t14-/m0/s1. The van der Waals surface area contributed by atoms with Gasteiger partial charge in [0.05, 0.1) is 6.42 Å². The van der Waals surface area contributed by atoms with Gasteiger partial charge in [0.15, 0.2) is 11.0 Å².